The molecule has 0 amide bonds. The quantitative estimate of drug-likeness (QED) is 0.799. The highest BCUT2D eigenvalue weighted by atomic mass is 16.7. The Hall–Kier alpha value is -2.30. The van der Waals surface area contributed by atoms with Gasteiger partial charge in [0.25, 0.3) is 5.95 Å². The van der Waals surface area contributed by atoms with Crippen molar-refractivity contribution in [3.8, 4) is 0 Å². The summed E-state index contributed by atoms with van der Waals surface area (Å²) in [5.41, 5.74) is -0.0716. The van der Waals surface area contributed by atoms with Gasteiger partial charge in [-0.2, -0.15) is 0 Å². The van der Waals surface area contributed by atoms with Gasteiger partial charge in [0, 0.05) is 12.3 Å². The lowest BCUT2D eigenvalue weighted by Crippen LogP contribution is -2.41. The summed E-state index contributed by atoms with van der Waals surface area (Å²) < 4.78 is 11.4. The lowest BCUT2D eigenvalue weighted by Gasteiger charge is -2.28. The third kappa shape index (κ3) is 3.24. The second kappa shape index (κ2) is 5.24. The molecule has 21 heavy (non-hydrogen) atoms. The molecule has 112 valence electrons. The summed E-state index contributed by atoms with van der Waals surface area (Å²) in [6, 6.07) is 6.10. The number of ether oxygens (including phenoxy) is 2. The highest BCUT2D eigenvalue weighted by Crippen LogP contribution is 2.39. The first-order chi connectivity index (χ1) is 9.71. The normalized spacial score (nSPS) is 19.1. The minimum absolute atomic E-state index is 0.123. The maximum atomic E-state index is 10.6. The molecule has 1 fully saturated rings. The first kappa shape index (κ1) is 15.1. The number of allylic oxidation sites excluding steroid dienone is 1. The van der Waals surface area contributed by atoms with Crippen LogP contribution in [0.3, 0.4) is 0 Å². The summed E-state index contributed by atoms with van der Waals surface area (Å²) in [6.07, 6.45) is 3.20. The molecule has 0 aliphatic carbocycles. The number of rotatable bonds is 3. The number of carbonyl (C=O) groups excluding carboxylic acids is 1. The van der Waals surface area contributed by atoms with Gasteiger partial charge in [-0.15, -0.1) is 0 Å². The smallest absolute Gasteiger partial charge is 0.282 e. The van der Waals surface area contributed by atoms with Gasteiger partial charge < -0.3 is 19.4 Å². The molecule has 5 nitrogen and oxygen atoms in total. The number of hydrogen-bond acceptors (Lipinski definition) is 5. The molecule has 0 bridgehead atoms. The predicted octanol–water partition coefficient (Wildman–Crippen LogP) is 2.20. The molecule has 0 N–H and O–H groups in total. The number of hydrogen-bond donors (Lipinski definition) is 0. The van der Waals surface area contributed by atoms with Crippen molar-refractivity contribution >= 4 is 17.9 Å². The number of carboxylic acids is 1. The van der Waals surface area contributed by atoms with Crippen molar-refractivity contribution in [2.24, 2.45) is 4.99 Å². The van der Waals surface area contributed by atoms with E-state index >= 15 is 0 Å². The van der Waals surface area contributed by atoms with Crippen LogP contribution >= 0.6 is 0 Å². The van der Waals surface area contributed by atoms with Crippen LogP contribution in [0.1, 0.15) is 38.1 Å². The van der Waals surface area contributed by atoms with Crippen LogP contribution in [0.4, 0.5) is 5.69 Å². The van der Waals surface area contributed by atoms with Crippen LogP contribution in [0.15, 0.2) is 41.3 Å². The molecule has 5 heteroatoms. The maximum Gasteiger partial charge on any atom is 0.282 e. The lowest BCUT2D eigenvalue weighted by molar-refractivity contribution is -0.255. The molecule has 1 aromatic carbocycles. The van der Waals surface area contributed by atoms with Crippen molar-refractivity contribution in [1.82, 2.24) is 0 Å². The number of carbonyl (C=O) groups is 1. The molecule has 0 spiro atoms. The van der Waals surface area contributed by atoms with Gasteiger partial charge in [-0.25, -0.2) is 0 Å². The Labute approximate surface area is 123 Å². The van der Waals surface area contributed by atoms with Crippen LogP contribution < -0.4 is 5.11 Å². The van der Waals surface area contributed by atoms with Crippen LogP contribution in [0.5, 0.6) is 0 Å². The van der Waals surface area contributed by atoms with E-state index in [9.17, 15) is 9.90 Å². The van der Waals surface area contributed by atoms with Crippen molar-refractivity contribution in [1.29, 1.82) is 0 Å². The molecule has 2 rings (SSSR count). The van der Waals surface area contributed by atoms with Crippen LogP contribution in [0.25, 0.3) is 0 Å². The summed E-state index contributed by atoms with van der Waals surface area (Å²) in [7, 11) is 0. The van der Waals surface area contributed by atoms with Gasteiger partial charge in [-0.3, -0.25) is 4.99 Å². The van der Waals surface area contributed by atoms with Crippen molar-refractivity contribution < 1.29 is 19.4 Å². The molecule has 1 aliphatic rings. The molecule has 1 aliphatic heterocycles. The van der Waals surface area contributed by atoms with E-state index in [2.05, 4.69) is 4.99 Å². The van der Waals surface area contributed by atoms with E-state index in [1.165, 1.54) is 12.1 Å². The fraction of sp³-hybridized carbons (Fsp3) is 0.375. The first-order valence-electron chi connectivity index (χ1n) is 6.65. The summed E-state index contributed by atoms with van der Waals surface area (Å²) in [6.45, 7) is 7.85. The average Bonchev–Trinajstić information content (AvgIpc) is 2.58. The van der Waals surface area contributed by atoms with Gasteiger partial charge in [-0.05, 0) is 45.4 Å². The van der Waals surface area contributed by atoms with E-state index in [1.807, 2.05) is 27.7 Å². The van der Waals surface area contributed by atoms with Gasteiger partial charge in [0.1, 0.15) is 11.2 Å². The fourth-order valence-corrected chi connectivity index (χ4v) is 1.71. The Morgan fingerprint density at radius 1 is 1.10 bits per heavy atom. The fourth-order valence-electron chi connectivity index (χ4n) is 1.71. The number of carboxylic acid groups (broad SMARTS) is 1. The molecule has 0 atom stereocenters. The van der Waals surface area contributed by atoms with Crippen molar-refractivity contribution in [3.63, 3.8) is 0 Å². The van der Waals surface area contributed by atoms with E-state index in [1.54, 1.807) is 24.4 Å². The standard InChI is InChI=1S/C16H19NO4/c1-15(2)16(3,4)21-13(20-15)9-10-17-12-7-5-11(6-8-12)14(18)19/h5-10H,1-4H3,(H,18,19)/p-1. The second-order valence-electron chi connectivity index (χ2n) is 5.82. The van der Waals surface area contributed by atoms with Gasteiger partial charge in [-0.1, -0.05) is 12.1 Å². The van der Waals surface area contributed by atoms with Crippen molar-refractivity contribution in [2.45, 2.75) is 38.9 Å². The van der Waals surface area contributed by atoms with Crippen molar-refractivity contribution in [3.05, 3.63) is 41.9 Å². The van der Waals surface area contributed by atoms with Gasteiger partial charge in [0.15, 0.2) is 0 Å². The molecule has 1 heterocycles. The average molecular weight is 288 g/mol. The molecule has 0 radical (unpaired) electrons. The zero-order valence-electron chi connectivity index (χ0n) is 12.5. The van der Waals surface area contributed by atoms with Gasteiger partial charge >= 0.3 is 0 Å². The van der Waals surface area contributed by atoms with E-state index in [0.717, 1.165) is 0 Å². The Morgan fingerprint density at radius 2 is 1.62 bits per heavy atom. The molecule has 0 aromatic heterocycles. The third-order valence-corrected chi connectivity index (χ3v) is 3.70. The second-order valence-corrected chi connectivity index (χ2v) is 5.82. The number of aromatic carboxylic acids is 1. The highest BCUT2D eigenvalue weighted by molar-refractivity contribution is 5.86. The van der Waals surface area contributed by atoms with Gasteiger partial charge in [0.05, 0.1) is 11.7 Å². The topological polar surface area (TPSA) is 71.0 Å². The molecular weight excluding hydrogens is 270 g/mol. The Balaban J connectivity index is 2.06. The van der Waals surface area contributed by atoms with Gasteiger partial charge in [0.2, 0.25) is 0 Å². The van der Waals surface area contributed by atoms with E-state index in [-0.39, 0.29) is 5.56 Å². The lowest BCUT2D eigenvalue weighted by atomic mass is 9.90. The summed E-state index contributed by atoms with van der Waals surface area (Å²) in [4.78, 5) is 14.8. The summed E-state index contributed by atoms with van der Waals surface area (Å²) >= 11 is 0. The number of benzene rings is 1. The Bertz CT molecular complexity index is 579. The minimum atomic E-state index is -1.20. The largest absolute Gasteiger partial charge is 0.545 e. The van der Waals surface area contributed by atoms with Crippen LogP contribution in [0.2, 0.25) is 0 Å². The van der Waals surface area contributed by atoms with E-state index < -0.39 is 17.2 Å². The molecule has 1 aromatic rings. The molecule has 1 saturated heterocycles. The maximum absolute atomic E-state index is 10.6. The number of aliphatic imine (C=N–C) groups is 1. The third-order valence-electron chi connectivity index (χ3n) is 3.70. The molecule has 0 saturated carbocycles. The molecule has 0 unspecified atom stereocenters. The zero-order chi connectivity index (χ0) is 15.7. The van der Waals surface area contributed by atoms with E-state index in [0.29, 0.717) is 11.6 Å². The van der Waals surface area contributed by atoms with Crippen LogP contribution in [-0.2, 0) is 9.47 Å². The monoisotopic (exact) mass is 288 g/mol. The zero-order valence-corrected chi connectivity index (χ0v) is 12.5. The summed E-state index contributed by atoms with van der Waals surface area (Å²) in [5.74, 6) is -0.787. The Kier molecular flexibility index (Phi) is 3.77. The predicted molar refractivity (Wildman–Crippen MR) is 77.3 cm³/mol. The molecular formula is C16H18NO4-. The SMILES string of the molecule is CC1(C)OC(=CC=Nc2ccc(C(=O)[O-])cc2)OC1(C)C. The summed E-state index contributed by atoms with van der Waals surface area (Å²) in [5, 5.41) is 10.6. The van der Waals surface area contributed by atoms with E-state index in [4.69, 9.17) is 9.47 Å². The number of nitrogens with zero attached hydrogens (tertiary/aromatic N) is 1. The Morgan fingerprint density at radius 3 is 2.10 bits per heavy atom. The van der Waals surface area contributed by atoms with Crippen molar-refractivity contribution in [2.75, 3.05) is 0 Å². The first-order valence-corrected chi connectivity index (χ1v) is 6.65. The van der Waals surface area contributed by atoms with Crippen LogP contribution in [0, 0.1) is 0 Å². The van der Waals surface area contributed by atoms with Crippen LogP contribution in [-0.4, -0.2) is 23.4 Å². The highest BCUT2D eigenvalue weighted by Gasteiger charge is 2.48. The minimum Gasteiger partial charge on any atom is -0.545 e.